The Morgan fingerprint density at radius 3 is 2.30 bits per heavy atom. The van der Waals surface area contributed by atoms with Crippen molar-refractivity contribution in [2.45, 2.75) is 114 Å². The number of hydrogen-bond donors (Lipinski definition) is 4. The number of nitrogens with zero attached hydrogens (tertiary/aromatic N) is 4. The van der Waals surface area contributed by atoms with E-state index in [1.54, 1.807) is 6.07 Å². The standard InChI is InChI=1S/C43H54F2N8O8/c1-23-16-35-42(59)61-25(3)36(41(58)52-14-7-9-34(52)40(57)51-13-6-5-8-33(51)38(55)46-24(2)39(56)53(35)22-23)49-37(54)31(19-26-17-28(44)21-29(45)18-26)48-43(60)47-30-10-11-32-27(20-30)12-15-50(32)4/h10-11,17-18,20-21,23-25,31,33-36H,5-9,12-16,19,22H2,1-4H3,(H,46,55)(H,49,54)(H2,47,48,60)/t23-,24+,25+,31+,33+,34+,35+,36+/m1/s1. The minimum Gasteiger partial charge on any atom is -0.458 e. The van der Waals surface area contributed by atoms with Gasteiger partial charge in [0.2, 0.25) is 29.5 Å². The lowest BCUT2D eigenvalue weighted by molar-refractivity contribution is -0.163. The monoisotopic (exact) mass is 848 g/mol. The van der Waals surface area contributed by atoms with E-state index in [-0.39, 0.29) is 44.0 Å². The fourth-order valence-corrected chi connectivity index (χ4v) is 9.37. The van der Waals surface area contributed by atoms with Gasteiger partial charge in [0.05, 0.1) is 0 Å². The largest absolute Gasteiger partial charge is 0.458 e. The highest BCUT2D eigenvalue weighted by atomic mass is 19.1. The molecule has 4 fully saturated rings. The summed E-state index contributed by atoms with van der Waals surface area (Å²) in [5.74, 6) is -5.93. The van der Waals surface area contributed by atoms with Gasteiger partial charge in [0.25, 0.3) is 0 Å². The van der Waals surface area contributed by atoms with E-state index in [0.29, 0.717) is 37.4 Å². The number of urea groups is 1. The molecule has 2 aromatic rings. The maximum Gasteiger partial charge on any atom is 0.329 e. The molecular formula is C43H54F2N8O8. The Kier molecular flexibility index (Phi) is 12.8. The van der Waals surface area contributed by atoms with Gasteiger partial charge in [-0.3, -0.25) is 24.0 Å². The van der Waals surface area contributed by atoms with Crippen molar-refractivity contribution in [2.75, 3.05) is 43.4 Å². The van der Waals surface area contributed by atoms with E-state index in [9.17, 15) is 42.3 Å². The number of ether oxygens (including phenoxy) is 1. The molecular weight excluding hydrogens is 795 g/mol. The van der Waals surface area contributed by atoms with Crippen LogP contribution in [0.25, 0.3) is 0 Å². The number of amides is 7. The number of rotatable bonds is 6. The summed E-state index contributed by atoms with van der Waals surface area (Å²) in [5, 5.41) is 10.7. The maximum atomic E-state index is 14.8. The number of benzene rings is 2. The predicted molar refractivity (Wildman–Crippen MR) is 218 cm³/mol. The van der Waals surface area contributed by atoms with Crippen molar-refractivity contribution in [1.29, 1.82) is 0 Å². The average molecular weight is 849 g/mol. The fourth-order valence-electron chi connectivity index (χ4n) is 9.37. The van der Waals surface area contributed by atoms with Crippen molar-refractivity contribution in [1.82, 2.24) is 30.7 Å². The van der Waals surface area contributed by atoms with Crippen LogP contribution in [0.4, 0.5) is 25.0 Å². The van der Waals surface area contributed by atoms with Crippen molar-refractivity contribution >= 4 is 52.9 Å². The van der Waals surface area contributed by atoms with Gasteiger partial charge in [-0.25, -0.2) is 18.4 Å². The highest BCUT2D eigenvalue weighted by Gasteiger charge is 2.47. The Morgan fingerprint density at radius 1 is 0.836 bits per heavy atom. The van der Waals surface area contributed by atoms with Gasteiger partial charge in [-0.05, 0) is 106 Å². The summed E-state index contributed by atoms with van der Waals surface area (Å²) in [5.41, 5.74) is 2.50. The van der Waals surface area contributed by atoms with E-state index in [1.165, 1.54) is 28.5 Å². The van der Waals surface area contributed by atoms with Gasteiger partial charge < -0.3 is 45.6 Å². The lowest BCUT2D eigenvalue weighted by Crippen LogP contribution is -2.63. The summed E-state index contributed by atoms with van der Waals surface area (Å²) in [4.78, 5) is 105. The van der Waals surface area contributed by atoms with E-state index >= 15 is 0 Å². The van der Waals surface area contributed by atoms with E-state index in [0.717, 1.165) is 36.3 Å². The summed E-state index contributed by atoms with van der Waals surface area (Å²) < 4.78 is 34.8. The maximum absolute atomic E-state index is 14.8. The van der Waals surface area contributed by atoms with Crippen LogP contribution in [0.1, 0.15) is 70.4 Å². The number of carbonyl (C=O) groups excluding carboxylic acids is 7. The fraction of sp³-hybridized carbons (Fsp3) is 0.558. The molecule has 0 aliphatic carbocycles. The van der Waals surface area contributed by atoms with E-state index in [2.05, 4.69) is 26.2 Å². The van der Waals surface area contributed by atoms with Crippen molar-refractivity contribution in [3.8, 4) is 0 Å². The second kappa shape index (κ2) is 18.0. The zero-order valence-corrected chi connectivity index (χ0v) is 34.9. The average Bonchev–Trinajstić information content (AvgIpc) is 3.96. The Hall–Kier alpha value is -5.81. The van der Waals surface area contributed by atoms with Crippen LogP contribution in [0.5, 0.6) is 0 Å². The molecule has 2 aromatic carbocycles. The molecule has 0 bridgehead atoms. The van der Waals surface area contributed by atoms with E-state index in [4.69, 9.17) is 4.74 Å². The molecule has 18 heteroatoms. The molecule has 0 saturated carbocycles. The number of nitrogens with one attached hydrogen (secondary N) is 4. The third-order valence-electron chi connectivity index (χ3n) is 12.5. The minimum atomic E-state index is -1.62. The van der Waals surface area contributed by atoms with Gasteiger partial charge in [-0.15, -0.1) is 0 Å². The van der Waals surface area contributed by atoms with Crippen LogP contribution in [0.3, 0.4) is 0 Å². The lowest BCUT2D eigenvalue weighted by Gasteiger charge is -2.39. The van der Waals surface area contributed by atoms with Gasteiger partial charge in [-0.2, -0.15) is 0 Å². The highest BCUT2D eigenvalue weighted by Crippen LogP contribution is 2.31. The van der Waals surface area contributed by atoms with E-state index in [1.807, 2.05) is 26.1 Å². The molecule has 0 unspecified atom stereocenters. The van der Waals surface area contributed by atoms with Crippen LogP contribution >= 0.6 is 0 Å². The van der Waals surface area contributed by atoms with Crippen molar-refractivity contribution in [3.63, 3.8) is 0 Å². The molecule has 0 spiro atoms. The molecule has 61 heavy (non-hydrogen) atoms. The molecule has 7 rings (SSSR count). The summed E-state index contributed by atoms with van der Waals surface area (Å²) in [7, 11) is 1.96. The number of cyclic esters (lactones) is 1. The molecule has 0 aromatic heterocycles. The lowest BCUT2D eigenvalue weighted by atomic mass is 9.99. The second-order valence-electron chi connectivity index (χ2n) is 17.1. The molecule has 5 aliphatic rings. The van der Waals surface area contributed by atoms with Crippen LogP contribution in [0.2, 0.25) is 0 Å². The first kappa shape index (κ1) is 43.3. The number of fused-ring (bicyclic) bond motifs is 4. The van der Waals surface area contributed by atoms with Crippen LogP contribution in [-0.4, -0.2) is 132 Å². The van der Waals surface area contributed by atoms with Crippen molar-refractivity contribution in [3.05, 3.63) is 59.2 Å². The van der Waals surface area contributed by atoms with Crippen molar-refractivity contribution in [2.24, 2.45) is 5.92 Å². The molecule has 5 heterocycles. The Labute approximate surface area is 353 Å². The molecule has 8 atom stereocenters. The molecule has 5 aliphatic heterocycles. The van der Waals surface area contributed by atoms with Crippen LogP contribution in [-0.2, 0) is 46.3 Å². The number of likely N-dealkylation sites (N-methyl/N-ethyl adjacent to an activating group) is 1. The SMILES string of the molecule is C[C@@H]1C[C@H]2C(=O)O[C@@H](C)[C@H](NC(=O)[C@H](Cc3cc(F)cc(F)c3)NC(=O)Nc3ccc4c(c3)CCN4C)C(=O)N3CCC[C@H]3C(=O)N3CCCC[C@H]3C(=O)N[C@@H](C)C(=O)N2C1. The third-order valence-corrected chi connectivity index (χ3v) is 12.5. The number of esters is 1. The minimum absolute atomic E-state index is 0.0296. The van der Waals surface area contributed by atoms with E-state index < -0.39 is 102 Å². The summed E-state index contributed by atoms with van der Waals surface area (Å²) >= 11 is 0. The molecule has 0 radical (unpaired) electrons. The summed E-state index contributed by atoms with van der Waals surface area (Å²) in [6.45, 7) is 6.20. The van der Waals surface area contributed by atoms with Gasteiger partial charge in [0, 0.05) is 57.1 Å². The van der Waals surface area contributed by atoms with Crippen LogP contribution < -0.4 is 26.2 Å². The van der Waals surface area contributed by atoms with Crippen LogP contribution in [0, 0.1) is 17.6 Å². The first-order chi connectivity index (χ1) is 29.1. The predicted octanol–water partition coefficient (Wildman–Crippen LogP) is 2.23. The number of piperidine rings is 1. The third kappa shape index (κ3) is 9.42. The second-order valence-corrected chi connectivity index (χ2v) is 17.1. The summed E-state index contributed by atoms with van der Waals surface area (Å²) in [6, 6.07) is 0.159. The molecule has 16 nitrogen and oxygen atoms in total. The zero-order chi connectivity index (χ0) is 43.7. The first-order valence-corrected chi connectivity index (χ1v) is 21.2. The molecule has 4 N–H and O–H groups in total. The molecule has 7 amide bonds. The number of hydrogen-bond acceptors (Lipinski definition) is 9. The van der Waals surface area contributed by atoms with Gasteiger partial charge in [-0.1, -0.05) is 6.92 Å². The highest BCUT2D eigenvalue weighted by molar-refractivity contribution is 5.99. The van der Waals surface area contributed by atoms with Gasteiger partial charge in [0.15, 0.2) is 0 Å². The topological polar surface area (TPSA) is 190 Å². The first-order valence-electron chi connectivity index (χ1n) is 21.2. The smallest absolute Gasteiger partial charge is 0.329 e. The quantitative estimate of drug-likeness (QED) is 0.316. The van der Waals surface area contributed by atoms with Crippen LogP contribution in [0.15, 0.2) is 36.4 Å². The number of anilines is 2. The number of carbonyl (C=O) groups is 7. The number of halogens is 2. The zero-order valence-electron chi connectivity index (χ0n) is 34.9. The van der Waals surface area contributed by atoms with Crippen molar-refractivity contribution < 1.29 is 47.1 Å². The Morgan fingerprint density at radius 2 is 1.54 bits per heavy atom. The van der Waals surface area contributed by atoms with Gasteiger partial charge in [0.1, 0.15) is 54.0 Å². The summed E-state index contributed by atoms with van der Waals surface area (Å²) in [6.07, 6.45) is 1.58. The Balaban J connectivity index is 1.20. The molecule has 328 valence electrons. The normalized spacial score (nSPS) is 27.7. The Bertz CT molecular complexity index is 2070. The van der Waals surface area contributed by atoms with Gasteiger partial charge >= 0.3 is 12.0 Å². The molecule has 4 saturated heterocycles.